The molecule has 0 aromatic heterocycles. The van der Waals surface area contributed by atoms with Crippen molar-refractivity contribution in [1.29, 1.82) is 0 Å². The van der Waals surface area contributed by atoms with Crippen molar-refractivity contribution in [3.8, 4) is 0 Å². The van der Waals surface area contributed by atoms with Crippen LogP contribution in [0.15, 0.2) is 23.1 Å². The number of rotatable bonds is 8. The van der Waals surface area contributed by atoms with E-state index >= 15 is 0 Å². The second-order valence-corrected chi connectivity index (χ2v) is 9.76. The number of aryl methyl sites for hydroxylation is 1. The topological polar surface area (TPSA) is 95.9 Å². The highest BCUT2D eigenvalue weighted by Gasteiger charge is 2.29. The van der Waals surface area contributed by atoms with E-state index in [-0.39, 0.29) is 16.9 Å². The predicted molar refractivity (Wildman–Crippen MR) is 110 cm³/mol. The summed E-state index contributed by atoms with van der Waals surface area (Å²) in [7, 11) is -3.66. The Balaban J connectivity index is 1.65. The van der Waals surface area contributed by atoms with Gasteiger partial charge < -0.3 is 15.2 Å². The van der Waals surface area contributed by atoms with Crippen molar-refractivity contribution in [3.05, 3.63) is 29.3 Å². The highest BCUT2D eigenvalue weighted by atomic mass is 32.2. The number of carbonyl (C=O) groups excluding carboxylic acids is 1. The Bertz CT molecular complexity index is 805. The van der Waals surface area contributed by atoms with Gasteiger partial charge in [0.25, 0.3) is 5.91 Å². The van der Waals surface area contributed by atoms with Gasteiger partial charge in [-0.3, -0.25) is 4.79 Å². The highest BCUT2D eigenvalue weighted by Crippen LogP contribution is 2.29. The molecule has 1 aliphatic carbocycles. The van der Waals surface area contributed by atoms with Crippen molar-refractivity contribution in [2.24, 2.45) is 5.92 Å². The minimum atomic E-state index is -3.66. The fraction of sp³-hybridized carbons (Fsp3) is 0.667. The summed E-state index contributed by atoms with van der Waals surface area (Å²) >= 11 is 0. The molecule has 1 aliphatic heterocycles. The fourth-order valence-corrected chi connectivity index (χ4v) is 5.90. The second kappa shape index (κ2) is 10.0. The average Bonchev–Trinajstić information content (AvgIpc) is 3.15. The first-order valence-corrected chi connectivity index (χ1v) is 12.0. The minimum absolute atomic E-state index is 0.208. The van der Waals surface area contributed by atoms with Crippen LogP contribution in [-0.4, -0.2) is 62.7 Å². The normalized spacial score (nSPS) is 23.2. The van der Waals surface area contributed by atoms with Crippen molar-refractivity contribution in [3.63, 3.8) is 0 Å². The van der Waals surface area contributed by atoms with Gasteiger partial charge in [-0.15, -0.1) is 0 Å². The van der Waals surface area contributed by atoms with Crippen LogP contribution in [-0.2, 0) is 21.2 Å². The molecule has 2 N–H and O–H groups in total. The first-order chi connectivity index (χ1) is 13.9. The molecule has 0 spiro atoms. The Labute approximate surface area is 173 Å². The van der Waals surface area contributed by atoms with Crippen molar-refractivity contribution < 1.29 is 23.1 Å². The van der Waals surface area contributed by atoms with Crippen LogP contribution >= 0.6 is 0 Å². The van der Waals surface area contributed by atoms with Crippen molar-refractivity contribution in [2.75, 3.05) is 32.8 Å². The number of nitrogens with one attached hydrogen (secondary N) is 1. The summed E-state index contributed by atoms with van der Waals surface area (Å²) in [6.45, 7) is 3.85. The maximum Gasteiger partial charge on any atom is 0.251 e. The van der Waals surface area contributed by atoms with Crippen LogP contribution in [0, 0.1) is 5.92 Å². The molecule has 0 radical (unpaired) electrons. The summed E-state index contributed by atoms with van der Waals surface area (Å²) in [4.78, 5) is 12.8. The van der Waals surface area contributed by atoms with Gasteiger partial charge in [0.1, 0.15) is 0 Å². The van der Waals surface area contributed by atoms with Gasteiger partial charge in [-0.25, -0.2) is 8.42 Å². The monoisotopic (exact) mass is 424 g/mol. The number of hydrogen-bond acceptors (Lipinski definition) is 5. The van der Waals surface area contributed by atoms with Crippen LogP contribution in [0.3, 0.4) is 0 Å². The lowest BCUT2D eigenvalue weighted by molar-refractivity contribution is 0.0730. The molecule has 8 heteroatoms. The third-order valence-electron chi connectivity index (χ3n) is 5.95. The Kier molecular flexibility index (Phi) is 7.67. The zero-order valence-electron chi connectivity index (χ0n) is 17.1. The summed E-state index contributed by atoms with van der Waals surface area (Å²) in [6, 6.07) is 4.92. The number of morpholine rings is 1. The lowest BCUT2D eigenvalue weighted by Crippen LogP contribution is -2.41. The predicted octanol–water partition coefficient (Wildman–Crippen LogP) is 1.94. The number of hydrogen-bond donors (Lipinski definition) is 2. The van der Waals surface area contributed by atoms with Gasteiger partial charge in [0, 0.05) is 25.2 Å². The van der Waals surface area contributed by atoms with Gasteiger partial charge in [-0.1, -0.05) is 19.4 Å². The van der Waals surface area contributed by atoms with E-state index in [0.717, 1.165) is 32.1 Å². The van der Waals surface area contributed by atoms with E-state index in [2.05, 4.69) is 5.32 Å². The fourth-order valence-electron chi connectivity index (χ4n) is 4.18. The van der Waals surface area contributed by atoms with Gasteiger partial charge in [-0.2, -0.15) is 4.31 Å². The first-order valence-electron chi connectivity index (χ1n) is 10.6. The van der Waals surface area contributed by atoms with E-state index in [9.17, 15) is 18.3 Å². The largest absolute Gasteiger partial charge is 0.393 e. The lowest BCUT2D eigenvalue weighted by atomic mass is 10.00. The van der Waals surface area contributed by atoms with Crippen LogP contribution < -0.4 is 5.32 Å². The minimum Gasteiger partial charge on any atom is -0.393 e. The number of nitrogens with zero attached hydrogens (tertiary/aromatic N) is 1. The molecule has 1 saturated heterocycles. The molecular weight excluding hydrogens is 392 g/mol. The lowest BCUT2D eigenvalue weighted by Gasteiger charge is -2.27. The zero-order chi connectivity index (χ0) is 20.9. The smallest absolute Gasteiger partial charge is 0.251 e. The number of benzene rings is 1. The number of ether oxygens (including phenoxy) is 1. The Morgan fingerprint density at radius 2 is 2.03 bits per heavy atom. The van der Waals surface area contributed by atoms with Gasteiger partial charge in [0.05, 0.1) is 24.2 Å². The summed E-state index contributed by atoms with van der Waals surface area (Å²) in [6.07, 6.45) is 5.07. The standard InChI is InChI=1S/C21H32N2O5S/c1-2-16-8-9-18(15-20(16)29(26,27)23-11-13-28-14-12-23)21(25)22-10-4-6-17-5-3-7-19(17)24/h8-9,15,17,19,24H,2-7,10-14H2,1H3,(H,22,25)/t17-,19-/m1/s1. The van der Waals surface area contributed by atoms with Crippen molar-refractivity contribution in [2.45, 2.75) is 56.4 Å². The molecule has 1 aromatic carbocycles. The third-order valence-corrected chi connectivity index (χ3v) is 7.94. The third kappa shape index (κ3) is 5.36. The van der Waals surface area contributed by atoms with Crippen molar-refractivity contribution >= 4 is 15.9 Å². The Morgan fingerprint density at radius 3 is 2.69 bits per heavy atom. The molecule has 2 aliphatic rings. The number of amides is 1. The number of carbonyl (C=O) groups is 1. The average molecular weight is 425 g/mol. The molecular formula is C21H32N2O5S. The van der Waals surface area contributed by atoms with Gasteiger partial charge in [0.2, 0.25) is 10.0 Å². The van der Waals surface area contributed by atoms with Gasteiger partial charge in [0.15, 0.2) is 0 Å². The molecule has 0 unspecified atom stereocenters. The maximum atomic E-state index is 13.1. The summed E-state index contributed by atoms with van der Waals surface area (Å²) in [5.41, 5.74) is 1.07. The molecule has 1 heterocycles. The van der Waals surface area contributed by atoms with Crippen molar-refractivity contribution in [1.82, 2.24) is 9.62 Å². The molecule has 2 atom stereocenters. The zero-order valence-corrected chi connectivity index (χ0v) is 17.9. The number of sulfonamides is 1. The molecule has 3 rings (SSSR count). The molecule has 2 fully saturated rings. The van der Waals surface area contributed by atoms with Crippen LogP contribution in [0.2, 0.25) is 0 Å². The molecule has 1 saturated carbocycles. The maximum absolute atomic E-state index is 13.1. The van der Waals surface area contributed by atoms with E-state index < -0.39 is 10.0 Å². The van der Waals surface area contributed by atoms with E-state index in [4.69, 9.17) is 4.74 Å². The molecule has 1 aromatic rings. The number of aliphatic hydroxyl groups is 1. The quantitative estimate of drug-likeness (QED) is 0.622. The summed E-state index contributed by atoms with van der Waals surface area (Å²) < 4.78 is 32.9. The highest BCUT2D eigenvalue weighted by molar-refractivity contribution is 7.89. The molecule has 0 bridgehead atoms. The SMILES string of the molecule is CCc1ccc(C(=O)NCCC[C@H]2CCC[C@H]2O)cc1S(=O)(=O)N1CCOCC1. The summed E-state index contributed by atoms with van der Waals surface area (Å²) in [5.74, 6) is 0.0686. The van der Waals surface area contributed by atoms with E-state index in [0.29, 0.717) is 56.3 Å². The Morgan fingerprint density at radius 1 is 1.28 bits per heavy atom. The van der Waals surface area contributed by atoms with E-state index in [1.807, 2.05) is 6.92 Å². The van der Waals surface area contributed by atoms with Crippen LogP contribution in [0.25, 0.3) is 0 Å². The Hall–Kier alpha value is -1.48. The molecule has 7 nitrogen and oxygen atoms in total. The summed E-state index contributed by atoms with van der Waals surface area (Å²) in [5, 5.41) is 12.8. The molecule has 1 amide bonds. The van der Waals surface area contributed by atoms with E-state index in [1.54, 1.807) is 12.1 Å². The molecule has 162 valence electrons. The number of aliphatic hydroxyl groups excluding tert-OH is 1. The first kappa shape index (κ1) is 22.2. The molecule has 29 heavy (non-hydrogen) atoms. The van der Waals surface area contributed by atoms with Gasteiger partial charge in [-0.05, 0) is 55.7 Å². The van der Waals surface area contributed by atoms with Crippen LogP contribution in [0.1, 0.15) is 54.9 Å². The van der Waals surface area contributed by atoms with Crippen LogP contribution in [0.5, 0.6) is 0 Å². The van der Waals surface area contributed by atoms with Crippen LogP contribution in [0.4, 0.5) is 0 Å². The van der Waals surface area contributed by atoms with Gasteiger partial charge >= 0.3 is 0 Å². The second-order valence-electron chi connectivity index (χ2n) is 7.85. The van der Waals surface area contributed by atoms with E-state index in [1.165, 1.54) is 10.4 Å².